The van der Waals surface area contributed by atoms with Crippen molar-refractivity contribution < 1.29 is 4.74 Å². The van der Waals surface area contributed by atoms with E-state index in [0.717, 1.165) is 26.1 Å². The van der Waals surface area contributed by atoms with Crippen molar-refractivity contribution in [3.05, 3.63) is 18.0 Å². The molecule has 0 amide bonds. The van der Waals surface area contributed by atoms with E-state index in [4.69, 9.17) is 4.74 Å². The maximum Gasteiger partial charge on any atom is 0.0802 e. The number of hydrogen-bond acceptors (Lipinski definition) is 3. The molecule has 0 radical (unpaired) electrons. The number of hydrogen-bond donors (Lipinski definition) is 1. The van der Waals surface area contributed by atoms with Gasteiger partial charge in [0.05, 0.1) is 11.8 Å². The topological polar surface area (TPSA) is 39.1 Å². The smallest absolute Gasteiger partial charge is 0.0802 e. The van der Waals surface area contributed by atoms with Gasteiger partial charge in [0, 0.05) is 38.5 Å². The first-order valence-electron chi connectivity index (χ1n) is 6.55. The molecule has 0 bridgehead atoms. The van der Waals surface area contributed by atoms with E-state index < -0.39 is 0 Å². The summed E-state index contributed by atoms with van der Waals surface area (Å²) in [5.41, 5.74) is 1.36. The predicted molar refractivity (Wildman–Crippen MR) is 67.8 cm³/mol. The number of ether oxygens (including phenoxy) is 1. The number of aryl methyl sites for hydroxylation is 1. The Kier molecular flexibility index (Phi) is 4.18. The van der Waals surface area contributed by atoms with Crippen LogP contribution in [0.15, 0.2) is 12.4 Å². The van der Waals surface area contributed by atoms with Crippen molar-refractivity contribution in [2.75, 3.05) is 13.7 Å². The molecule has 17 heavy (non-hydrogen) atoms. The lowest BCUT2D eigenvalue weighted by atomic mass is 9.80. The fraction of sp³-hybridized carbons (Fsp3) is 0.769. The first kappa shape index (κ1) is 12.6. The minimum absolute atomic E-state index is 0.111. The molecule has 4 nitrogen and oxygen atoms in total. The fourth-order valence-electron chi connectivity index (χ4n) is 2.31. The van der Waals surface area contributed by atoms with Gasteiger partial charge in [0.2, 0.25) is 0 Å². The van der Waals surface area contributed by atoms with Gasteiger partial charge >= 0.3 is 0 Å². The van der Waals surface area contributed by atoms with E-state index in [2.05, 4.69) is 23.5 Å². The summed E-state index contributed by atoms with van der Waals surface area (Å²) < 4.78 is 7.58. The number of nitrogens with one attached hydrogen (secondary N) is 1. The van der Waals surface area contributed by atoms with Crippen LogP contribution in [0.25, 0.3) is 0 Å². The Hall–Kier alpha value is -0.870. The van der Waals surface area contributed by atoms with Gasteiger partial charge in [-0.2, -0.15) is 5.10 Å². The van der Waals surface area contributed by atoms with Gasteiger partial charge in [0.15, 0.2) is 0 Å². The molecule has 1 N–H and O–H groups in total. The van der Waals surface area contributed by atoms with Crippen LogP contribution in [0.1, 0.15) is 38.2 Å². The van der Waals surface area contributed by atoms with Crippen LogP contribution < -0.4 is 5.32 Å². The highest BCUT2D eigenvalue weighted by Gasteiger charge is 2.36. The molecule has 1 aliphatic carbocycles. The zero-order valence-corrected chi connectivity index (χ0v) is 10.9. The minimum Gasteiger partial charge on any atom is -0.377 e. The maximum atomic E-state index is 5.57. The molecular weight excluding hydrogens is 214 g/mol. The molecule has 1 aliphatic rings. The summed E-state index contributed by atoms with van der Waals surface area (Å²) in [5.74, 6) is 0. The largest absolute Gasteiger partial charge is 0.377 e. The molecule has 0 unspecified atom stereocenters. The summed E-state index contributed by atoms with van der Waals surface area (Å²) in [5, 5.41) is 7.79. The highest BCUT2D eigenvalue weighted by atomic mass is 16.5. The number of aromatic nitrogens is 2. The summed E-state index contributed by atoms with van der Waals surface area (Å²) in [6, 6.07) is 0. The lowest BCUT2D eigenvalue weighted by Crippen LogP contribution is -2.47. The van der Waals surface area contributed by atoms with Gasteiger partial charge in [0.1, 0.15) is 0 Å². The summed E-state index contributed by atoms with van der Waals surface area (Å²) in [4.78, 5) is 0. The Morgan fingerprint density at radius 2 is 2.35 bits per heavy atom. The second-order valence-corrected chi connectivity index (χ2v) is 4.96. The second kappa shape index (κ2) is 5.65. The van der Waals surface area contributed by atoms with Gasteiger partial charge in [-0.15, -0.1) is 0 Å². The van der Waals surface area contributed by atoms with Gasteiger partial charge in [-0.1, -0.05) is 6.92 Å². The molecule has 0 aliphatic heterocycles. The third kappa shape index (κ3) is 3.07. The van der Waals surface area contributed by atoms with Gasteiger partial charge in [-0.25, -0.2) is 0 Å². The van der Waals surface area contributed by atoms with Crippen LogP contribution in [0, 0.1) is 0 Å². The first-order valence-corrected chi connectivity index (χ1v) is 6.55. The van der Waals surface area contributed by atoms with E-state index in [9.17, 15) is 0 Å². The number of rotatable bonds is 7. The number of methoxy groups -OCH3 is 1. The van der Waals surface area contributed by atoms with Crippen molar-refractivity contribution in [2.45, 2.75) is 51.3 Å². The third-order valence-corrected chi connectivity index (χ3v) is 3.61. The van der Waals surface area contributed by atoms with Gasteiger partial charge < -0.3 is 10.1 Å². The SMILES string of the molecule is CCCn1cc(CNCC2(OC)CCC2)cn1. The molecule has 96 valence electrons. The molecule has 0 spiro atoms. The van der Waals surface area contributed by atoms with Crippen molar-refractivity contribution >= 4 is 0 Å². The Morgan fingerprint density at radius 3 is 2.94 bits per heavy atom. The maximum absolute atomic E-state index is 5.57. The molecule has 0 aromatic carbocycles. The molecule has 4 heteroatoms. The Morgan fingerprint density at radius 1 is 1.53 bits per heavy atom. The van der Waals surface area contributed by atoms with Crippen LogP contribution in [-0.2, 0) is 17.8 Å². The quantitative estimate of drug-likeness (QED) is 0.788. The normalized spacial score (nSPS) is 18.0. The van der Waals surface area contributed by atoms with Crippen molar-refractivity contribution in [3.8, 4) is 0 Å². The average Bonchev–Trinajstić information content (AvgIpc) is 2.71. The monoisotopic (exact) mass is 237 g/mol. The highest BCUT2D eigenvalue weighted by molar-refractivity contribution is 5.04. The zero-order valence-electron chi connectivity index (χ0n) is 10.9. The standard InChI is InChI=1S/C13H23N3O/c1-3-7-16-10-12(9-15-16)8-14-11-13(17-2)5-4-6-13/h9-10,14H,3-8,11H2,1-2H3. The minimum atomic E-state index is 0.111. The zero-order chi connectivity index (χ0) is 12.1. The Balaban J connectivity index is 1.73. The van der Waals surface area contributed by atoms with E-state index >= 15 is 0 Å². The molecule has 0 atom stereocenters. The Bertz CT molecular complexity index is 339. The lowest BCUT2D eigenvalue weighted by Gasteiger charge is -2.40. The van der Waals surface area contributed by atoms with Crippen molar-refractivity contribution in [2.24, 2.45) is 0 Å². The molecule has 1 saturated carbocycles. The number of nitrogens with zero attached hydrogens (tertiary/aromatic N) is 2. The molecule has 1 fully saturated rings. The highest BCUT2D eigenvalue weighted by Crippen LogP contribution is 2.34. The van der Waals surface area contributed by atoms with Crippen molar-refractivity contribution in [3.63, 3.8) is 0 Å². The van der Waals surface area contributed by atoms with Crippen LogP contribution in [0.3, 0.4) is 0 Å². The second-order valence-electron chi connectivity index (χ2n) is 4.96. The molecular formula is C13H23N3O. The molecule has 2 rings (SSSR count). The molecule has 0 saturated heterocycles. The Labute approximate surface area is 103 Å². The van der Waals surface area contributed by atoms with Crippen LogP contribution >= 0.6 is 0 Å². The molecule has 1 aromatic heterocycles. The summed E-state index contributed by atoms with van der Waals surface area (Å²) in [7, 11) is 1.82. The van der Waals surface area contributed by atoms with Gasteiger partial charge in [-0.05, 0) is 25.7 Å². The van der Waals surface area contributed by atoms with E-state index in [0.29, 0.717) is 0 Å². The third-order valence-electron chi connectivity index (χ3n) is 3.61. The van der Waals surface area contributed by atoms with Gasteiger partial charge in [0.25, 0.3) is 0 Å². The predicted octanol–water partition coefficient (Wildman–Crippen LogP) is 1.95. The van der Waals surface area contributed by atoms with Crippen LogP contribution in [-0.4, -0.2) is 29.0 Å². The molecule has 1 heterocycles. The van der Waals surface area contributed by atoms with Crippen LogP contribution in [0.5, 0.6) is 0 Å². The lowest BCUT2D eigenvalue weighted by molar-refractivity contribution is -0.0695. The van der Waals surface area contributed by atoms with E-state index in [1.54, 1.807) is 0 Å². The fourth-order valence-corrected chi connectivity index (χ4v) is 2.31. The van der Waals surface area contributed by atoms with Crippen LogP contribution in [0.2, 0.25) is 0 Å². The van der Waals surface area contributed by atoms with Crippen molar-refractivity contribution in [1.82, 2.24) is 15.1 Å². The van der Waals surface area contributed by atoms with E-state index in [1.807, 2.05) is 18.0 Å². The van der Waals surface area contributed by atoms with E-state index in [1.165, 1.54) is 24.8 Å². The van der Waals surface area contributed by atoms with E-state index in [-0.39, 0.29) is 5.60 Å². The summed E-state index contributed by atoms with van der Waals surface area (Å²) in [6.45, 7) is 5.00. The van der Waals surface area contributed by atoms with Crippen molar-refractivity contribution in [1.29, 1.82) is 0 Å². The summed E-state index contributed by atoms with van der Waals surface area (Å²) >= 11 is 0. The van der Waals surface area contributed by atoms with Crippen LogP contribution in [0.4, 0.5) is 0 Å². The molecule has 1 aromatic rings. The average molecular weight is 237 g/mol. The first-order chi connectivity index (χ1) is 8.28. The summed E-state index contributed by atoms with van der Waals surface area (Å²) in [6.07, 6.45) is 8.86. The van der Waals surface area contributed by atoms with Gasteiger partial charge in [-0.3, -0.25) is 4.68 Å².